The van der Waals surface area contributed by atoms with Crippen molar-refractivity contribution in [3.05, 3.63) is 12.0 Å². The predicted octanol–water partition coefficient (Wildman–Crippen LogP) is 0.584. The van der Waals surface area contributed by atoms with Gasteiger partial charge in [0.25, 0.3) is 0 Å². The molecular formula is C6H10FN3OS. The maximum atomic E-state index is 12.9. The molecule has 1 unspecified atom stereocenters. The van der Waals surface area contributed by atoms with Gasteiger partial charge in [0.2, 0.25) is 0 Å². The highest BCUT2D eigenvalue weighted by Gasteiger charge is 2.13. The van der Waals surface area contributed by atoms with Crippen LogP contribution in [0.15, 0.2) is 11.2 Å². The van der Waals surface area contributed by atoms with Crippen LogP contribution in [0.3, 0.4) is 0 Å². The summed E-state index contributed by atoms with van der Waals surface area (Å²) in [4.78, 5) is 0. The summed E-state index contributed by atoms with van der Waals surface area (Å²) in [5.74, 6) is -0.621. The quantitative estimate of drug-likeness (QED) is 0.743. The lowest BCUT2D eigenvalue weighted by Crippen LogP contribution is -2.07. The van der Waals surface area contributed by atoms with Crippen molar-refractivity contribution in [3.63, 3.8) is 0 Å². The van der Waals surface area contributed by atoms with Gasteiger partial charge in [-0.2, -0.15) is 5.10 Å². The molecule has 1 aromatic rings. The van der Waals surface area contributed by atoms with Gasteiger partial charge in [-0.05, 0) is 13.8 Å². The minimum absolute atomic E-state index is 0.0387. The first-order valence-electron chi connectivity index (χ1n) is 3.43. The molecule has 1 aromatic heterocycles. The van der Waals surface area contributed by atoms with Gasteiger partial charge in [0.05, 0.1) is 6.20 Å². The van der Waals surface area contributed by atoms with Crippen LogP contribution in [-0.4, -0.2) is 14.0 Å². The average Bonchev–Trinajstić information content (AvgIpc) is 2.30. The topological polar surface area (TPSA) is 60.9 Å². The van der Waals surface area contributed by atoms with E-state index >= 15 is 0 Å². The summed E-state index contributed by atoms with van der Waals surface area (Å²) in [6, 6.07) is 0.0387. The number of hydrogen-bond donors (Lipinski definition) is 1. The summed E-state index contributed by atoms with van der Waals surface area (Å²) in [6.45, 7) is 3.69. The van der Waals surface area contributed by atoms with Crippen LogP contribution in [0, 0.1) is 5.82 Å². The molecule has 4 nitrogen and oxygen atoms in total. The van der Waals surface area contributed by atoms with E-state index in [9.17, 15) is 8.60 Å². The van der Waals surface area contributed by atoms with Crippen molar-refractivity contribution in [2.45, 2.75) is 24.9 Å². The summed E-state index contributed by atoms with van der Waals surface area (Å²) in [5, 5.41) is 8.52. The number of hydrogen-bond acceptors (Lipinski definition) is 2. The fourth-order valence-corrected chi connectivity index (χ4v) is 1.17. The van der Waals surface area contributed by atoms with Gasteiger partial charge in [-0.25, -0.2) is 13.7 Å². The fraction of sp³-hybridized carbons (Fsp3) is 0.500. The number of nitrogens with zero attached hydrogens (tertiary/aromatic N) is 2. The Hall–Kier alpha value is -0.750. The molecule has 0 bridgehead atoms. The van der Waals surface area contributed by atoms with Crippen molar-refractivity contribution in [2.24, 2.45) is 5.14 Å². The highest BCUT2D eigenvalue weighted by molar-refractivity contribution is 7.82. The first-order valence-corrected chi connectivity index (χ1v) is 4.64. The van der Waals surface area contributed by atoms with Crippen LogP contribution in [0.25, 0.3) is 0 Å². The smallest absolute Gasteiger partial charge is 0.200 e. The summed E-state index contributed by atoms with van der Waals surface area (Å²) in [5.41, 5.74) is 0. The van der Waals surface area contributed by atoms with Crippen molar-refractivity contribution in [3.8, 4) is 0 Å². The zero-order valence-electron chi connectivity index (χ0n) is 6.82. The zero-order chi connectivity index (χ0) is 9.30. The van der Waals surface area contributed by atoms with Gasteiger partial charge in [-0.15, -0.1) is 0 Å². The third-order valence-electron chi connectivity index (χ3n) is 1.38. The number of aromatic nitrogens is 2. The summed E-state index contributed by atoms with van der Waals surface area (Å²) in [7, 11) is -1.84. The van der Waals surface area contributed by atoms with Gasteiger partial charge in [0.1, 0.15) is 11.0 Å². The molecule has 0 saturated heterocycles. The van der Waals surface area contributed by atoms with Crippen LogP contribution in [0.4, 0.5) is 4.39 Å². The van der Waals surface area contributed by atoms with E-state index in [1.54, 1.807) is 0 Å². The van der Waals surface area contributed by atoms with Crippen molar-refractivity contribution >= 4 is 11.0 Å². The van der Waals surface area contributed by atoms with Gasteiger partial charge in [-0.1, -0.05) is 0 Å². The first kappa shape index (κ1) is 9.34. The Kier molecular flexibility index (Phi) is 2.58. The molecule has 0 aliphatic rings. The molecule has 6 heteroatoms. The fourth-order valence-electron chi connectivity index (χ4n) is 0.754. The van der Waals surface area contributed by atoms with Crippen molar-refractivity contribution in [2.75, 3.05) is 0 Å². The van der Waals surface area contributed by atoms with E-state index in [0.717, 1.165) is 0 Å². The van der Waals surface area contributed by atoms with Crippen LogP contribution in [0.5, 0.6) is 0 Å². The lowest BCUT2D eigenvalue weighted by atomic mass is 10.4. The molecule has 12 heavy (non-hydrogen) atoms. The second kappa shape index (κ2) is 3.32. The third kappa shape index (κ3) is 1.70. The molecule has 0 radical (unpaired) electrons. The van der Waals surface area contributed by atoms with Gasteiger partial charge >= 0.3 is 0 Å². The molecule has 0 aliphatic carbocycles. The van der Waals surface area contributed by atoms with Crippen molar-refractivity contribution in [1.29, 1.82) is 0 Å². The second-order valence-corrected chi connectivity index (χ2v) is 3.63. The van der Waals surface area contributed by atoms with Gasteiger partial charge < -0.3 is 0 Å². The average molecular weight is 191 g/mol. The van der Waals surface area contributed by atoms with Gasteiger partial charge in [0, 0.05) is 6.04 Å². The standard InChI is InChI=1S/C6H10FN3OS/c1-4(2)10-3-5(7)6(9-10)12(8)11/h3-4H,8H2,1-2H3. The van der Waals surface area contributed by atoms with E-state index < -0.39 is 16.8 Å². The minimum Gasteiger partial charge on any atom is -0.266 e. The summed E-state index contributed by atoms with van der Waals surface area (Å²) >= 11 is 0. The van der Waals surface area contributed by atoms with E-state index in [0.29, 0.717) is 0 Å². The Bertz CT molecular complexity index is 310. The lowest BCUT2D eigenvalue weighted by Gasteiger charge is -2.02. The van der Waals surface area contributed by atoms with Crippen LogP contribution in [-0.2, 0) is 11.0 Å². The van der Waals surface area contributed by atoms with E-state index in [1.807, 2.05) is 13.8 Å². The Morgan fingerprint density at radius 3 is 2.58 bits per heavy atom. The lowest BCUT2D eigenvalue weighted by molar-refractivity contribution is 0.520. The number of rotatable bonds is 2. The molecule has 1 heterocycles. The Balaban J connectivity index is 3.09. The molecule has 0 amide bonds. The molecule has 0 spiro atoms. The molecule has 1 atom stereocenters. The van der Waals surface area contributed by atoms with E-state index in [1.165, 1.54) is 10.9 Å². The largest absolute Gasteiger partial charge is 0.266 e. The molecule has 68 valence electrons. The summed E-state index contributed by atoms with van der Waals surface area (Å²) in [6.07, 6.45) is 1.19. The molecule has 0 fully saturated rings. The third-order valence-corrected chi connectivity index (χ3v) is 2.03. The molecule has 1 rings (SSSR count). The van der Waals surface area contributed by atoms with E-state index in [2.05, 4.69) is 5.10 Å². The zero-order valence-corrected chi connectivity index (χ0v) is 7.64. The second-order valence-electron chi connectivity index (χ2n) is 2.65. The highest BCUT2D eigenvalue weighted by Crippen LogP contribution is 2.10. The highest BCUT2D eigenvalue weighted by atomic mass is 32.2. The van der Waals surface area contributed by atoms with Crippen LogP contribution < -0.4 is 5.14 Å². The van der Waals surface area contributed by atoms with Crippen LogP contribution in [0.2, 0.25) is 0 Å². The number of nitrogens with two attached hydrogens (primary N) is 1. The molecule has 0 aromatic carbocycles. The van der Waals surface area contributed by atoms with E-state index in [-0.39, 0.29) is 11.1 Å². The molecule has 0 aliphatic heterocycles. The normalized spacial score (nSPS) is 13.8. The maximum absolute atomic E-state index is 12.9. The Morgan fingerprint density at radius 2 is 2.33 bits per heavy atom. The van der Waals surface area contributed by atoms with Crippen molar-refractivity contribution in [1.82, 2.24) is 9.78 Å². The van der Waals surface area contributed by atoms with E-state index in [4.69, 9.17) is 5.14 Å². The van der Waals surface area contributed by atoms with Crippen LogP contribution in [0.1, 0.15) is 19.9 Å². The molecule has 2 N–H and O–H groups in total. The molecule has 0 saturated carbocycles. The minimum atomic E-state index is -1.84. The first-order chi connectivity index (χ1) is 5.52. The van der Waals surface area contributed by atoms with Gasteiger partial charge in [0.15, 0.2) is 10.8 Å². The van der Waals surface area contributed by atoms with Crippen LogP contribution >= 0.6 is 0 Å². The monoisotopic (exact) mass is 191 g/mol. The van der Waals surface area contributed by atoms with Gasteiger partial charge in [-0.3, -0.25) is 4.68 Å². The van der Waals surface area contributed by atoms with Crippen molar-refractivity contribution < 1.29 is 8.60 Å². The maximum Gasteiger partial charge on any atom is 0.200 e. The Morgan fingerprint density at radius 1 is 1.75 bits per heavy atom. The molecular weight excluding hydrogens is 181 g/mol. The summed E-state index contributed by atoms with van der Waals surface area (Å²) < 4.78 is 24.9. The Labute approximate surface area is 72.1 Å². The predicted molar refractivity (Wildman–Crippen MR) is 43.2 cm³/mol. The SMILES string of the molecule is CC(C)n1cc(F)c(S(N)=O)n1. The number of halogens is 1.